The largest absolute Gasteiger partial charge is 0.339 e. The molecule has 3 N–H and O–H groups in total. The number of nitrogens with zero attached hydrogens (tertiary/aromatic N) is 2. The third-order valence-corrected chi connectivity index (χ3v) is 4.85. The molecule has 0 aliphatic carbocycles. The molecular weight excluding hydrogens is 276 g/mol. The molecule has 2 fully saturated rings. The van der Waals surface area contributed by atoms with Crippen molar-refractivity contribution in [3.63, 3.8) is 0 Å². The van der Waals surface area contributed by atoms with Crippen molar-refractivity contribution in [1.82, 2.24) is 15.1 Å². The number of benzene rings is 1. The number of nitrogens with one attached hydrogen (secondary N) is 1. The minimum atomic E-state index is -0.539. The summed E-state index contributed by atoms with van der Waals surface area (Å²) in [6.45, 7) is 7.94. The van der Waals surface area contributed by atoms with Gasteiger partial charge in [0.15, 0.2) is 0 Å². The summed E-state index contributed by atoms with van der Waals surface area (Å²) in [4.78, 5) is 17.1. The van der Waals surface area contributed by atoms with Gasteiger partial charge < -0.3 is 16.0 Å². The average molecular weight is 302 g/mol. The first-order chi connectivity index (χ1) is 10.6. The zero-order chi connectivity index (χ0) is 15.5. The Kier molecular flexibility index (Phi) is 4.76. The van der Waals surface area contributed by atoms with E-state index in [1.165, 1.54) is 5.56 Å². The molecule has 2 aliphatic rings. The van der Waals surface area contributed by atoms with Crippen molar-refractivity contribution in [3.8, 4) is 0 Å². The van der Waals surface area contributed by atoms with Crippen molar-refractivity contribution in [2.45, 2.75) is 25.4 Å². The number of carbonyl (C=O) groups excluding carboxylic acids is 1. The lowest BCUT2D eigenvalue weighted by molar-refractivity contribution is -0.131. The van der Waals surface area contributed by atoms with Gasteiger partial charge in [-0.25, -0.2) is 0 Å². The van der Waals surface area contributed by atoms with E-state index in [0.29, 0.717) is 6.04 Å². The predicted octanol–water partition coefficient (Wildman–Crippen LogP) is 0.501. The Morgan fingerprint density at radius 2 is 1.91 bits per heavy atom. The zero-order valence-electron chi connectivity index (χ0n) is 13.3. The lowest BCUT2D eigenvalue weighted by Crippen LogP contribution is -2.49. The quantitative estimate of drug-likeness (QED) is 0.854. The van der Waals surface area contributed by atoms with Crippen LogP contribution in [0.5, 0.6) is 0 Å². The van der Waals surface area contributed by atoms with Gasteiger partial charge in [-0.2, -0.15) is 0 Å². The van der Waals surface area contributed by atoms with Gasteiger partial charge in [-0.15, -0.1) is 0 Å². The molecule has 2 aliphatic heterocycles. The van der Waals surface area contributed by atoms with E-state index in [1.54, 1.807) is 0 Å². The summed E-state index contributed by atoms with van der Waals surface area (Å²) in [5.74, 6) is 0.0569. The summed E-state index contributed by atoms with van der Waals surface area (Å²) < 4.78 is 0. The molecule has 120 valence electrons. The van der Waals surface area contributed by atoms with Crippen molar-refractivity contribution in [1.29, 1.82) is 0 Å². The Hall–Kier alpha value is -1.43. The summed E-state index contributed by atoms with van der Waals surface area (Å²) in [7, 11) is 0. The van der Waals surface area contributed by atoms with Crippen LogP contribution in [0.25, 0.3) is 0 Å². The molecule has 0 saturated carbocycles. The van der Waals surface area contributed by atoms with Gasteiger partial charge in [0.2, 0.25) is 5.91 Å². The summed E-state index contributed by atoms with van der Waals surface area (Å²) >= 11 is 0. The Labute approximate surface area is 132 Å². The minimum Gasteiger partial charge on any atom is -0.339 e. The van der Waals surface area contributed by atoms with E-state index in [1.807, 2.05) is 36.1 Å². The standard InChI is InChI=1S/C17H26N4O/c1-13-2-4-14(5-3-13)16(18)17(22)21-9-6-15(12-21)20-10-7-19-8-11-20/h2-5,15-16,19H,6-12,18H2,1H3. The predicted molar refractivity (Wildman–Crippen MR) is 87.5 cm³/mol. The molecule has 2 unspecified atom stereocenters. The fourth-order valence-electron chi connectivity index (χ4n) is 3.40. The number of nitrogens with two attached hydrogens (primary N) is 1. The SMILES string of the molecule is Cc1ccc(C(N)C(=O)N2CCC(N3CCNCC3)C2)cc1. The van der Waals surface area contributed by atoms with Crippen molar-refractivity contribution >= 4 is 5.91 Å². The van der Waals surface area contributed by atoms with E-state index in [9.17, 15) is 4.79 Å². The van der Waals surface area contributed by atoms with Crippen LogP contribution in [0.2, 0.25) is 0 Å². The second kappa shape index (κ2) is 6.77. The van der Waals surface area contributed by atoms with Crippen LogP contribution in [0.15, 0.2) is 24.3 Å². The van der Waals surface area contributed by atoms with Crippen LogP contribution in [-0.4, -0.2) is 61.0 Å². The maximum Gasteiger partial charge on any atom is 0.244 e. The Morgan fingerprint density at radius 3 is 2.59 bits per heavy atom. The fourth-order valence-corrected chi connectivity index (χ4v) is 3.40. The van der Waals surface area contributed by atoms with Gasteiger partial charge >= 0.3 is 0 Å². The highest BCUT2D eigenvalue weighted by Crippen LogP contribution is 2.21. The van der Waals surface area contributed by atoms with E-state index in [-0.39, 0.29) is 5.91 Å². The number of aryl methyl sites for hydroxylation is 1. The van der Waals surface area contributed by atoms with E-state index in [0.717, 1.165) is 51.3 Å². The summed E-state index contributed by atoms with van der Waals surface area (Å²) in [5.41, 5.74) is 8.27. The van der Waals surface area contributed by atoms with Gasteiger partial charge in [-0.1, -0.05) is 29.8 Å². The molecule has 22 heavy (non-hydrogen) atoms. The molecule has 1 aromatic carbocycles. The Bertz CT molecular complexity index is 510. The molecule has 2 heterocycles. The molecule has 0 radical (unpaired) electrons. The third kappa shape index (κ3) is 3.32. The summed E-state index contributed by atoms with van der Waals surface area (Å²) in [6, 6.07) is 7.90. The van der Waals surface area contributed by atoms with Crippen LogP contribution in [0.3, 0.4) is 0 Å². The second-order valence-electron chi connectivity index (χ2n) is 6.40. The van der Waals surface area contributed by atoms with Gasteiger partial charge in [0.1, 0.15) is 6.04 Å². The van der Waals surface area contributed by atoms with Crippen LogP contribution >= 0.6 is 0 Å². The lowest BCUT2D eigenvalue weighted by Gasteiger charge is -2.32. The third-order valence-electron chi connectivity index (χ3n) is 4.85. The van der Waals surface area contributed by atoms with Gasteiger partial charge in [0.05, 0.1) is 0 Å². The van der Waals surface area contributed by atoms with E-state index in [2.05, 4.69) is 10.2 Å². The first-order valence-corrected chi connectivity index (χ1v) is 8.21. The molecule has 1 aromatic rings. The Balaban J connectivity index is 1.59. The summed E-state index contributed by atoms with van der Waals surface area (Å²) in [5, 5.41) is 3.37. The zero-order valence-corrected chi connectivity index (χ0v) is 13.3. The molecule has 3 rings (SSSR count). The lowest BCUT2D eigenvalue weighted by atomic mass is 10.0. The van der Waals surface area contributed by atoms with Gasteiger partial charge in [0, 0.05) is 45.3 Å². The molecule has 5 nitrogen and oxygen atoms in total. The van der Waals surface area contributed by atoms with Crippen LogP contribution in [0.1, 0.15) is 23.6 Å². The van der Waals surface area contributed by atoms with Crippen LogP contribution in [0, 0.1) is 6.92 Å². The van der Waals surface area contributed by atoms with Crippen molar-refractivity contribution in [2.75, 3.05) is 39.3 Å². The molecular formula is C17H26N4O. The Morgan fingerprint density at radius 1 is 1.23 bits per heavy atom. The highest BCUT2D eigenvalue weighted by molar-refractivity contribution is 5.83. The topological polar surface area (TPSA) is 61.6 Å². The van der Waals surface area contributed by atoms with Crippen LogP contribution < -0.4 is 11.1 Å². The molecule has 1 amide bonds. The molecule has 5 heteroatoms. The number of carbonyl (C=O) groups is 1. The van der Waals surface area contributed by atoms with Crippen LogP contribution in [-0.2, 0) is 4.79 Å². The van der Waals surface area contributed by atoms with E-state index < -0.39 is 6.04 Å². The summed E-state index contributed by atoms with van der Waals surface area (Å²) in [6.07, 6.45) is 1.06. The van der Waals surface area contributed by atoms with E-state index in [4.69, 9.17) is 5.73 Å². The second-order valence-corrected chi connectivity index (χ2v) is 6.40. The van der Waals surface area contributed by atoms with Crippen molar-refractivity contribution in [3.05, 3.63) is 35.4 Å². The highest BCUT2D eigenvalue weighted by Gasteiger charge is 2.33. The fraction of sp³-hybridized carbons (Fsp3) is 0.588. The average Bonchev–Trinajstić information content (AvgIpc) is 3.05. The van der Waals surface area contributed by atoms with E-state index >= 15 is 0 Å². The van der Waals surface area contributed by atoms with Crippen LogP contribution in [0.4, 0.5) is 0 Å². The number of hydrogen-bond acceptors (Lipinski definition) is 4. The number of hydrogen-bond donors (Lipinski definition) is 2. The maximum atomic E-state index is 12.6. The number of amides is 1. The smallest absolute Gasteiger partial charge is 0.244 e. The first kappa shape index (κ1) is 15.5. The van der Waals surface area contributed by atoms with Crippen molar-refractivity contribution in [2.24, 2.45) is 5.73 Å². The van der Waals surface area contributed by atoms with Gasteiger partial charge in [-0.3, -0.25) is 9.69 Å². The molecule has 2 atom stereocenters. The molecule has 2 saturated heterocycles. The maximum absolute atomic E-state index is 12.6. The highest BCUT2D eigenvalue weighted by atomic mass is 16.2. The minimum absolute atomic E-state index is 0.0569. The molecule has 0 aromatic heterocycles. The first-order valence-electron chi connectivity index (χ1n) is 8.21. The number of rotatable bonds is 3. The van der Waals surface area contributed by atoms with Gasteiger partial charge in [0.25, 0.3) is 0 Å². The number of likely N-dealkylation sites (tertiary alicyclic amines) is 1. The monoisotopic (exact) mass is 302 g/mol. The normalized spacial score (nSPS) is 24.5. The van der Waals surface area contributed by atoms with Gasteiger partial charge in [-0.05, 0) is 18.9 Å². The van der Waals surface area contributed by atoms with Crippen molar-refractivity contribution < 1.29 is 4.79 Å². The molecule has 0 spiro atoms. The molecule has 0 bridgehead atoms. The number of piperazine rings is 1.